The number of hydrazone groups is 1. The number of methoxy groups -OCH3 is 2. The van der Waals surface area contributed by atoms with Crippen LogP contribution in [0, 0.1) is 0 Å². The molecule has 3 rings (SSSR count). The van der Waals surface area contributed by atoms with Crippen LogP contribution in [0.4, 0.5) is 5.13 Å². The van der Waals surface area contributed by atoms with Crippen LogP contribution in [-0.2, 0) is 10.0 Å². The lowest BCUT2D eigenvalue weighted by molar-refractivity contribution is 0.355. The van der Waals surface area contributed by atoms with Gasteiger partial charge in [-0.15, -0.1) is 11.3 Å². The van der Waals surface area contributed by atoms with E-state index < -0.39 is 10.0 Å². The summed E-state index contributed by atoms with van der Waals surface area (Å²) in [6.45, 7) is 4.50. The average Bonchev–Trinajstić information content (AvgIpc) is 3.28. The topological polar surface area (TPSA) is 93.1 Å². The Morgan fingerprint density at radius 2 is 1.84 bits per heavy atom. The Hall–Kier alpha value is -2.95. The van der Waals surface area contributed by atoms with Gasteiger partial charge in [0.15, 0.2) is 11.5 Å². The van der Waals surface area contributed by atoms with Crippen molar-refractivity contribution in [2.75, 3.05) is 32.7 Å². The monoisotopic (exact) mass is 474 g/mol. The van der Waals surface area contributed by atoms with Crippen LogP contribution in [0.15, 0.2) is 57.8 Å². The minimum absolute atomic E-state index is 0.257. The predicted molar refractivity (Wildman–Crippen MR) is 128 cm³/mol. The summed E-state index contributed by atoms with van der Waals surface area (Å²) in [6.07, 6.45) is 1.65. The van der Waals surface area contributed by atoms with Crippen LogP contribution in [-0.4, -0.2) is 51.2 Å². The average molecular weight is 475 g/mol. The molecular formula is C22H26N4O4S2. The molecule has 170 valence electrons. The van der Waals surface area contributed by atoms with Gasteiger partial charge >= 0.3 is 0 Å². The van der Waals surface area contributed by atoms with Gasteiger partial charge in [0.1, 0.15) is 0 Å². The van der Waals surface area contributed by atoms with E-state index in [2.05, 4.69) is 15.5 Å². The van der Waals surface area contributed by atoms with Crippen LogP contribution in [0.2, 0.25) is 0 Å². The predicted octanol–water partition coefficient (Wildman–Crippen LogP) is 4.30. The summed E-state index contributed by atoms with van der Waals surface area (Å²) in [5.41, 5.74) is 5.15. The van der Waals surface area contributed by atoms with Crippen LogP contribution in [0.5, 0.6) is 11.5 Å². The van der Waals surface area contributed by atoms with E-state index in [1.54, 1.807) is 44.7 Å². The highest BCUT2D eigenvalue weighted by Gasteiger charge is 2.22. The molecule has 2 aromatic carbocycles. The van der Waals surface area contributed by atoms with E-state index in [0.29, 0.717) is 35.4 Å². The van der Waals surface area contributed by atoms with Crippen LogP contribution < -0.4 is 14.9 Å². The number of rotatable bonds is 10. The normalized spacial score (nSPS) is 11.8. The highest BCUT2D eigenvalue weighted by Crippen LogP contribution is 2.28. The summed E-state index contributed by atoms with van der Waals surface area (Å²) in [5, 5.41) is 6.68. The van der Waals surface area contributed by atoms with Crippen molar-refractivity contribution >= 4 is 32.7 Å². The molecule has 32 heavy (non-hydrogen) atoms. The van der Waals surface area contributed by atoms with E-state index in [9.17, 15) is 8.42 Å². The molecule has 0 aliphatic rings. The summed E-state index contributed by atoms with van der Waals surface area (Å²) in [7, 11) is -0.365. The number of anilines is 1. The van der Waals surface area contributed by atoms with Gasteiger partial charge in [0.25, 0.3) is 0 Å². The smallest absolute Gasteiger partial charge is 0.243 e. The molecular weight excluding hydrogens is 448 g/mol. The Morgan fingerprint density at radius 3 is 2.53 bits per heavy atom. The van der Waals surface area contributed by atoms with Crippen molar-refractivity contribution < 1.29 is 17.9 Å². The Labute approximate surface area is 192 Å². The maximum absolute atomic E-state index is 12.8. The summed E-state index contributed by atoms with van der Waals surface area (Å²) in [4.78, 5) is 4.78. The first-order chi connectivity index (χ1) is 15.4. The quantitative estimate of drug-likeness (QED) is 0.348. The second-order valence-electron chi connectivity index (χ2n) is 6.64. The number of thiazole rings is 1. The second kappa shape index (κ2) is 10.6. The highest BCUT2D eigenvalue weighted by molar-refractivity contribution is 7.89. The van der Waals surface area contributed by atoms with Crippen molar-refractivity contribution in [3.8, 4) is 22.8 Å². The maximum Gasteiger partial charge on any atom is 0.243 e. The zero-order chi connectivity index (χ0) is 23.1. The van der Waals surface area contributed by atoms with Crippen molar-refractivity contribution in [2.45, 2.75) is 18.7 Å². The van der Waals surface area contributed by atoms with Crippen molar-refractivity contribution in [3.05, 3.63) is 53.4 Å². The third-order valence-corrected chi connectivity index (χ3v) is 7.55. The molecule has 0 amide bonds. The van der Waals surface area contributed by atoms with Crippen molar-refractivity contribution in [3.63, 3.8) is 0 Å². The van der Waals surface area contributed by atoms with Gasteiger partial charge in [-0.2, -0.15) is 9.41 Å². The van der Waals surface area contributed by atoms with Gasteiger partial charge < -0.3 is 9.47 Å². The minimum atomic E-state index is -3.53. The van der Waals surface area contributed by atoms with Gasteiger partial charge in [0, 0.05) is 24.0 Å². The van der Waals surface area contributed by atoms with Gasteiger partial charge in [0.2, 0.25) is 15.2 Å². The van der Waals surface area contributed by atoms with Gasteiger partial charge in [0.05, 0.1) is 31.0 Å². The molecule has 0 radical (unpaired) electrons. The standard InChI is InChI=1S/C22H26N4O4S2/c1-5-26(6-2)32(27,28)18-9-7-8-17(13-18)19-15-31-22(24-19)25-23-14-16-10-11-20(29-3)21(12-16)30-4/h7-15H,5-6H2,1-4H3,(H,24,25). The van der Waals surface area contributed by atoms with E-state index in [1.165, 1.54) is 15.6 Å². The summed E-state index contributed by atoms with van der Waals surface area (Å²) in [6, 6.07) is 12.3. The van der Waals surface area contributed by atoms with E-state index in [4.69, 9.17) is 9.47 Å². The second-order valence-corrected chi connectivity index (χ2v) is 9.44. The summed E-state index contributed by atoms with van der Waals surface area (Å²) < 4.78 is 37.6. The number of hydrogen-bond acceptors (Lipinski definition) is 8. The van der Waals surface area contributed by atoms with Crippen molar-refractivity contribution in [1.29, 1.82) is 0 Å². The Balaban J connectivity index is 1.75. The number of sulfonamides is 1. The highest BCUT2D eigenvalue weighted by atomic mass is 32.2. The molecule has 0 atom stereocenters. The number of benzene rings is 2. The minimum Gasteiger partial charge on any atom is -0.493 e. The van der Waals surface area contributed by atoms with Gasteiger partial charge in [-0.1, -0.05) is 26.0 Å². The molecule has 0 saturated carbocycles. The third kappa shape index (κ3) is 5.26. The third-order valence-electron chi connectivity index (χ3n) is 4.76. The molecule has 1 heterocycles. The number of aromatic nitrogens is 1. The van der Waals surface area contributed by atoms with Crippen molar-refractivity contribution in [2.24, 2.45) is 5.10 Å². The Morgan fingerprint density at radius 1 is 1.09 bits per heavy atom. The van der Waals surface area contributed by atoms with E-state index in [-0.39, 0.29) is 4.90 Å². The molecule has 0 unspecified atom stereocenters. The van der Waals surface area contributed by atoms with Crippen LogP contribution >= 0.6 is 11.3 Å². The van der Waals surface area contributed by atoms with E-state index in [1.807, 2.05) is 37.4 Å². The summed E-state index contributed by atoms with van der Waals surface area (Å²) in [5.74, 6) is 1.26. The molecule has 8 nitrogen and oxygen atoms in total. The molecule has 0 spiro atoms. The summed E-state index contributed by atoms with van der Waals surface area (Å²) >= 11 is 1.38. The Kier molecular flexibility index (Phi) is 7.84. The molecule has 1 aromatic heterocycles. The van der Waals surface area contributed by atoms with Gasteiger partial charge in [-0.3, -0.25) is 5.43 Å². The van der Waals surface area contributed by atoms with Crippen LogP contribution in [0.3, 0.4) is 0 Å². The lowest BCUT2D eigenvalue weighted by Gasteiger charge is -2.18. The molecule has 1 N–H and O–H groups in total. The van der Waals surface area contributed by atoms with E-state index in [0.717, 1.165) is 11.1 Å². The zero-order valence-electron chi connectivity index (χ0n) is 18.4. The van der Waals surface area contributed by atoms with Crippen LogP contribution in [0.25, 0.3) is 11.3 Å². The molecule has 0 aliphatic heterocycles. The first-order valence-electron chi connectivity index (χ1n) is 10.00. The lowest BCUT2D eigenvalue weighted by atomic mass is 10.2. The fraction of sp³-hybridized carbons (Fsp3) is 0.273. The van der Waals surface area contributed by atoms with Crippen molar-refractivity contribution in [1.82, 2.24) is 9.29 Å². The number of ether oxygens (including phenoxy) is 2. The first-order valence-corrected chi connectivity index (χ1v) is 12.3. The molecule has 0 bridgehead atoms. The number of hydrogen-bond donors (Lipinski definition) is 1. The van der Waals surface area contributed by atoms with Gasteiger partial charge in [-0.05, 0) is 35.9 Å². The molecule has 0 fully saturated rings. The fourth-order valence-corrected chi connectivity index (χ4v) is 5.25. The largest absolute Gasteiger partial charge is 0.493 e. The SMILES string of the molecule is CCN(CC)S(=O)(=O)c1cccc(-c2csc(NN=Cc3ccc(OC)c(OC)c3)n2)c1. The molecule has 0 saturated heterocycles. The molecule has 3 aromatic rings. The van der Waals surface area contributed by atoms with E-state index >= 15 is 0 Å². The first kappa shape index (κ1) is 23.7. The number of nitrogens with zero attached hydrogens (tertiary/aromatic N) is 3. The maximum atomic E-state index is 12.8. The zero-order valence-corrected chi connectivity index (χ0v) is 20.0. The van der Waals surface area contributed by atoms with Crippen LogP contribution in [0.1, 0.15) is 19.4 Å². The lowest BCUT2D eigenvalue weighted by Crippen LogP contribution is -2.30. The Bertz CT molecular complexity index is 1190. The molecule has 10 heteroatoms. The molecule has 0 aliphatic carbocycles. The van der Waals surface area contributed by atoms with Gasteiger partial charge in [-0.25, -0.2) is 13.4 Å². The fourth-order valence-electron chi connectivity index (χ4n) is 3.08. The number of nitrogens with one attached hydrogen (secondary N) is 1.